The van der Waals surface area contributed by atoms with Gasteiger partial charge in [0.05, 0.1) is 18.7 Å². The number of fused-ring (bicyclic) bond motifs is 1. The molecule has 2 aliphatic heterocycles. The van der Waals surface area contributed by atoms with Crippen molar-refractivity contribution in [3.05, 3.63) is 10.8 Å². The van der Waals surface area contributed by atoms with Crippen LogP contribution < -0.4 is 4.90 Å². The zero-order valence-corrected chi connectivity index (χ0v) is 18.8. The van der Waals surface area contributed by atoms with Gasteiger partial charge in [-0.05, 0) is 53.6 Å². The number of anilines is 1. The standard InChI is InChI=1S/C14H18ClIN5OP.C2H6/c1-9-10-12(21(19-9)23-16)18-13(11(15)17-10)20-5-2-14(3-6-20)4-7-22-8-14;1-2/h23H,2-8H2,1H3;1-2H3. The number of nitrogens with zero attached hydrogens (tertiary/aromatic N) is 5. The molecule has 2 aromatic rings. The van der Waals surface area contributed by atoms with Crippen LogP contribution in [0.4, 0.5) is 5.82 Å². The Morgan fingerprint density at radius 1 is 1.20 bits per heavy atom. The maximum absolute atomic E-state index is 6.44. The van der Waals surface area contributed by atoms with Crippen LogP contribution in [0.2, 0.25) is 5.15 Å². The van der Waals surface area contributed by atoms with E-state index >= 15 is 0 Å². The summed E-state index contributed by atoms with van der Waals surface area (Å²) in [5.74, 6) is 0.795. The zero-order valence-electron chi connectivity index (χ0n) is 14.8. The van der Waals surface area contributed by atoms with Crippen molar-refractivity contribution in [3.63, 3.8) is 0 Å². The van der Waals surface area contributed by atoms with Gasteiger partial charge in [0.1, 0.15) is 5.52 Å². The minimum atomic E-state index is 0.377. The van der Waals surface area contributed by atoms with Crippen molar-refractivity contribution in [1.82, 2.24) is 19.5 Å². The fraction of sp³-hybridized carbons (Fsp3) is 0.688. The van der Waals surface area contributed by atoms with Gasteiger partial charge in [0.25, 0.3) is 0 Å². The molecule has 1 unspecified atom stereocenters. The number of ether oxygens (including phenoxy) is 1. The van der Waals surface area contributed by atoms with Gasteiger partial charge in [-0.2, -0.15) is 5.10 Å². The summed E-state index contributed by atoms with van der Waals surface area (Å²) in [6, 6.07) is 0. The first-order chi connectivity index (χ1) is 12.1. The van der Waals surface area contributed by atoms with Crippen LogP contribution in [-0.2, 0) is 4.74 Å². The molecular formula is C16H24ClIN5OP. The van der Waals surface area contributed by atoms with E-state index < -0.39 is 0 Å². The van der Waals surface area contributed by atoms with Crippen LogP contribution in [0.1, 0.15) is 38.8 Å². The minimum absolute atomic E-state index is 0.377. The normalized spacial score (nSPS) is 19.8. The van der Waals surface area contributed by atoms with Crippen LogP contribution in [0.5, 0.6) is 0 Å². The summed E-state index contributed by atoms with van der Waals surface area (Å²) in [7, 11) is 0. The van der Waals surface area contributed by atoms with Crippen LogP contribution in [0.25, 0.3) is 11.2 Å². The van der Waals surface area contributed by atoms with Crippen molar-refractivity contribution in [2.45, 2.75) is 40.0 Å². The number of hydrogen-bond donors (Lipinski definition) is 0. The van der Waals surface area contributed by atoms with Gasteiger partial charge >= 0.3 is 0 Å². The average molecular weight is 496 g/mol. The van der Waals surface area contributed by atoms with Crippen molar-refractivity contribution in [2.75, 3.05) is 31.2 Å². The lowest BCUT2D eigenvalue weighted by Gasteiger charge is -2.38. The van der Waals surface area contributed by atoms with Crippen molar-refractivity contribution in [3.8, 4) is 0 Å². The van der Waals surface area contributed by atoms with Crippen LogP contribution >= 0.6 is 40.0 Å². The number of rotatable bonds is 2. The summed E-state index contributed by atoms with van der Waals surface area (Å²) < 4.78 is 7.52. The van der Waals surface area contributed by atoms with Crippen LogP contribution in [-0.4, -0.2) is 45.8 Å². The lowest BCUT2D eigenvalue weighted by Crippen LogP contribution is -2.41. The molecule has 1 spiro atoms. The Hall–Kier alpha value is -0.240. The number of halogens is 2. The molecule has 138 valence electrons. The molecule has 2 aromatic heterocycles. The zero-order chi connectivity index (χ0) is 18.0. The lowest BCUT2D eigenvalue weighted by atomic mass is 9.78. The highest BCUT2D eigenvalue weighted by Gasteiger charge is 2.38. The van der Waals surface area contributed by atoms with E-state index in [2.05, 4.69) is 37.0 Å². The second-order valence-electron chi connectivity index (χ2n) is 6.38. The van der Waals surface area contributed by atoms with Crippen LogP contribution in [0.3, 0.4) is 0 Å². The van der Waals surface area contributed by atoms with Crippen LogP contribution in [0.15, 0.2) is 0 Å². The van der Waals surface area contributed by atoms with Crippen molar-refractivity contribution >= 4 is 57.0 Å². The second kappa shape index (κ2) is 8.19. The van der Waals surface area contributed by atoms with E-state index in [1.165, 1.54) is 6.42 Å². The molecule has 2 fully saturated rings. The van der Waals surface area contributed by atoms with Gasteiger partial charge in [-0.15, -0.1) is 0 Å². The number of aromatic nitrogens is 4. The molecule has 0 saturated carbocycles. The van der Waals surface area contributed by atoms with Gasteiger partial charge in [-0.1, -0.05) is 25.4 Å². The van der Waals surface area contributed by atoms with E-state index in [1.54, 1.807) is 0 Å². The molecule has 0 aromatic carbocycles. The fourth-order valence-electron chi connectivity index (χ4n) is 3.53. The summed E-state index contributed by atoms with van der Waals surface area (Å²) >= 11 is 8.75. The highest BCUT2D eigenvalue weighted by Crippen LogP contribution is 2.41. The van der Waals surface area contributed by atoms with Crippen molar-refractivity contribution in [1.29, 1.82) is 0 Å². The van der Waals surface area contributed by atoms with E-state index in [1.807, 2.05) is 25.2 Å². The first-order valence-corrected chi connectivity index (χ1v) is 13.2. The molecule has 2 saturated heterocycles. The molecule has 0 radical (unpaired) electrons. The van der Waals surface area contributed by atoms with Crippen LogP contribution in [0, 0.1) is 12.3 Å². The van der Waals surface area contributed by atoms with Gasteiger partial charge in [0.2, 0.25) is 0 Å². The second-order valence-corrected chi connectivity index (χ2v) is 8.78. The fourth-order valence-corrected chi connectivity index (χ4v) is 5.21. The molecule has 1 atom stereocenters. The Balaban J connectivity index is 0.000000880. The summed E-state index contributed by atoms with van der Waals surface area (Å²) in [6.45, 7) is 9.68. The predicted molar refractivity (Wildman–Crippen MR) is 113 cm³/mol. The largest absolute Gasteiger partial charge is 0.381 e. The maximum Gasteiger partial charge on any atom is 0.183 e. The highest BCUT2D eigenvalue weighted by molar-refractivity contribution is 14.2. The third-order valence-electron chi connectivity index (χ3n) is 5.00. The summed E-state index contributed by atoms with van der Waals surface area (Å²) in [5, 5.41) is 4.98. The van der Waals surface area contributed by atoms with Gasteiger partial charge in [-0.3, -0.25) is 0 Å². The SMILES string of the molecule is CC.Cc1nn(PI)c2nc(N3CCC4(CCOC4)CC3)c(Cl)nc12. The Kier molecular flexibility index (Phi) is 6.40. The third kappa shape index (κ3) is 3.75. The molecule has 25 heavy (non-hydrogen) atoms. The maximum atomic E-state index is 6.44. The number of piperidine rings is 1. The Bertz CT molecular complexity index is 740. The average Bonchev–Trinajstić information content (AvgIpc) is 3.22. The van der Waals surface area contributed by atoms with E-state index in [0.29, 0.717) is 16.9 Å². The molecule has 0 N–H and O–H groups in total. The quantitative estimate of drug-likeness (QED) is 0.450. The first-order valence-electron chi connectivity index (χ1n) is 8.74. The van der Waals surface area contributed by atoms with Crippen molar-refractivity contribution < 1.29 is 4.74 Å². The Morgan fingerprint density at radius 2 is 1.92 bits per heavy atom. The Labute approximate surface area is 168 Å². The summed E-state index contributed by atoms with van der Waals surface area (Å²) in [5.41, 5.74) is 2.90. The molecule has 2 aliphatic rings. The molecule has 6 nitrogen and oxygen atoms in total. The molecule has 4 heterocycles. The van der Waals surface area contributed by atoms with Gasteiger partial charge < -0.3 is 9.64 Å². The third-order valence-corrected chi connectivity index (χ3v) is 7.10. The van der Waals surface area contributed by atoms with E-state index in [-0.39, 0.29) is 0 Å². The molecule has 0 aliphatic carbocycles. The minimum Gasteiger partial charge on any atom is -0.381 e. The molecule has 4 rings (SSSR count). The molecule has 0 bridgehead atoms. The Morgan fingerprint density at radius 3 is 2.52 bits per heavy atom. The lowest BCUT2D eigenvalue weighted by molar-refractivity contribution is 0.133. The topological polar surface area (TPSA) is 56.1 Å². The smallest absolute Gasteiger partial charge is 0.183 e. The van der Waals surface area contributed by atoms with E-state index in [4.69, 9.17) is 21.3 Å². The molecule has 9 heteroatoms. The monoisotopic (exact) mass is 495 g/mol. The van der Waals surface area contributed by atoms with E-state index in [9.17, 15) is 0 Å². The number of hydrogen-bond acceptors (Lipinski definition) is 5. The van der Waals surface area contributed by atoms with Gasteiger partial charge in [0, 0.05) is 19.7 Å². The van der Waals surface area contributed by atoms with Crippen molar-refractivity contribution in [2.24, 2.45) is 5.41 Å². The molecular weight excluding hydrogens is 472 g/mol. The highest BCUT2D eigenvalue weighted by atomic mass is 127. The van der Waals surface area contributed by atoms with Gasteiger partial charge in [-0.25, -0.2) is 14.4 Å². The first kappa shape index (κ1) is 19.5. The molecule has 0 amide bonds. The number of aryl methyl sites for hydroxylation is 1. The summed E-state index contributed by atoms with van der Waals surface area (Å²) in [4.78, 5) is 11.6. The van der Waals surface area contributed by atoms with Gasteiger partial charge in [0.15, 0.2) is 16.6 Å². The predicted octanol–water partition coefficient (Wildman–Crippen LogP) is 4.61. The summed E-state index contributed by atoms with van der Waals surface area (Å²) in [6.07, 6.45) is 3.95. The van der Waals surface area contributed by atoms with E-state index in [0.717, 1.165) is 61.8 Å².